The van der Waals surface area contributed by atoms with Gasteiger partial charge in [0.25, 0.3) is 0 Å². The molecule has 1 aliphatic rings. The maximum Gasteiger partial charge on any atom is 0.235 e. The molecule has 7 nitrogen and oxygen atoms in total. The van der Waals surface area contributed by atoms with Gasteiger partial charge in [0.1, 0.15) is 5.78 Å². The van der Waals surface area contributed by atoms with Gasteiger partial charge in [-0.3, -0.25) is 4.79 Å². The molecule has 1 saturated heterocycles. The molecule has 0 amide bonds. The van der Waals surface area contributed by atoms with Gasteiger partial charge in [-0.05, 0) is 25.2 Å². The third-order valence-electron chi connectivity index (χ3n) is 4.01. The molecule has 132 valence electrons. The van der Waals surface area contributed by atoms with E-state index in [0.29, 0.717) is 12.8 Å². The lowest BCUT2D eigenvalue weighted by molar-refractivity contribution is -0.118. The van der Waals surface area contributed by atoms with Gasteiger partial charge in [-0.2, -0.15) is 4.31 Å². The maximum atomic E-state index is 12.2. The summed E-state index contributed by atoms with van der Waals surface area (Å²) in [4.78, 5) is 11.4. The van der Waals surface area contributed by atoms with Gasteiger partial charge in [-0.15, -0.1) is 0 Å². The van der Waals surface area contributed by atoms with Crippen LogP contribution >= 0.6 is 0 Å². The summed E-state index contributed by atoms with van der Waals surface area (Å²) in [5.41, 5.74) is -0.570. The lowest BCUT2D eigenvalue weighted by Crippen LogP contribution is -2.53. The average Bonchev–Trinajstić information content (AvgIpc) is 2.47. The molecule has 0 radical (unpaired) electrons. The SMILES string of the molecule is C=CS(=O)(=O)NC[C@@]1(C)CC[C@H](CC(C)=O)N(S(=O)(=O)C=C)C1. The van der Waals surface area contributed by atoms with Crippen LogP contribution in [0.25, 0.3) is 0 Å². The largest absolute Gasteiger partial charge is 0.300 e. The van der Waals surface area contributed by atoms with Crippen molar-refractivity contribution in [2.24, 2.45) is 5.41 Å². The van der Waals surface area contributed by atoms with E-state index >= 15 is 0 Å². The Morgan fingerprint density at radius 3 is 2.39 bits per heavy atom. The van der Waals surface area contributed by atoms with Gasteiger partial charge < -0.3 is 0 Å². The molecule has 0 unspecified atom stereocenters. The maximum absolute atomic E-state index is 12.2. The second-order valence-electron chi connectivity index (χ2n) is 6.20. The summed E-state index contributed by atoms with van der Waals surface area (Å²) >= 11 is 0. The lowest BCUT2D eigenvalue weighted by atomic mass is 9.80. The molecule has 2 atom stereocenters. The minimum atomic E-state index is -3.70. The molecular weight excluding hydrogens is 340 g/mol. The number of sulfonamides is 2. The second kappa shape index (κ2) is 7.25. The van der Waals surface area contributed by atoms with Crippen molar-refractivity contribution in [1.82, 2.24) is 9.03 Å². The van der Waals surface area contributed by atoms with Crippen LogP contribution < -0.4 is 4.72 Å². The summed E-state index contributed by atoms with van der Waals surface area (Å²) < 4.78 is 51.1. The first-order valence-electron chi connectivity index (χ1n) is 7.20. The van der Waals surface area contributed by atoms with E-state index in [1.165, 1.54) is 11.2 Å². The molecule has 0 aromatic carbocycles. The Balaban J connectivity index is 2.99. The van der Waals surface area contributed by atoms with Crippen LogP contribution in [0.1, 0.15) is 33.1 Å². The van der Waals surface area contributed by atoms with Gasteiger partial charge in [0.15, 0.2) is 0 Å². The van der Waals surface area contributed by atoms with Crippen molar-refractivity contribution in [3.8, 4) is 0 Å². The predicted molar refractivity (Wildman–Crippen MR) is 89.4 cm³/mol. The Labute approximate surface area is 138 Å². The molecule has 0 aromatic rings. The Hall–Kier alpha value is -1.03. The highest BCUT2D eigenvalue weighted by molar-refractivity contribution is 7.92. The fourth-order valence-electron chi connectivity index (χ4n) is 2.65. The highest BCUT2D eigenvalue weighted by Gasteiger charge is 2.41. The zero-order chi connectivity index (χ0) is 17.9. The Bertz CT molecular complexity index is 684. The van der Waals surface area contributed by atoms with E-state index in [1.807, 2.05) is 6.92 Å². The second-order valence-corrected chi connectivity index (χ2v) is 9.74. The summed E-state index contributed by atoms with van der Waals surface area (Å²) in [6.45, 7) is 10.0. The standard InChI is InChI=1S/C14H24N2O5S2/c1-5-22(18,19)15-10-14(4)8-7-13(9-12(3)17)16(11-14)23(20,21)6-2/h5-6,13,15H,1-2,7-11H2,3-4H3/t13-,14-/m1/s1. The normalized spacial score (nSPS) is 26.6. The molecule has 1 rings (SSSR count). The van der Waals surface area contributed by atoms with Gasteiger partial charge in [0, 0.05) is 36.4 Å². The highest BCUT2D eigenvalue weighted by atomic mass is 32.2. The molecule has 9 heteroatoms. The number of rotatable bonds is 8. The van der Waals surface area contributed by atoms with E-state index in [-0.39, 0.29) is 25.3 Å². The summed E-state index contributed by atoms with van der Waals surface area (Å²) in [5, 5.41) is 1.68. The van der Waals surface area contributed by atoms with Crippen molar-refractivity contribution in [3.63, 3.8) is 0 Å². The average molecular weight is 364 g/mol. The van der Waals surface area contributed by atoms with Crippen LogP contribution in [0.3, 0.4) is 0 Å². The van der Waals surface area contributed by atoms with Crippen molar-refractivity contribution in [1.29, 1.82) is 0 Å². The van der Waals surface area contributed by atoms with Crippen molar-refractivity contribution < 1.29 is 21.6 Å². The molecule has 1 N–H and O–H groups in total. The van der Waals surface area contributed by atoms with Crippen LogP contribution in [0.15, 0.2) is 24.0 Å². The molecule has 1 heterocycles. The smallest absolute Gasteiger partial charge is 0.235 e. The van der Waals surface area contributed by atoms with Gasteiger partial charge >= 0.3 is 0 Å². The zero-order valence-electron chi connectivity index (χ0n) is 13.5. The van der Waals surface area contributed by atoms with E-state index in [4.69, 9.17) is 0 Å². The molecular formula is C14H24N2O5S2. The highest BCUT2D eigenvalue weighted by Crippen LogP contribution is 2.35. The molecule has 0 saturated carbocycles. The number of piperidine rings is 1. The number of hydrogen-bond donors (Lipinski definition) is 1. The first-order chi connectivity index (χ1) is 10.4. The number of hydrogen-bond acceptors (Lipinski definition) is 5. The predicted octanol–water partition coefficient (Wildman–Crippen LogP) is 0.972. The van der Waals surface area contributed by atoms with E-state index < -0.39 is 31.5 Å². The van der Waals surface area contributed by atoms with E-state index in [1.54, 1.807) is 0 Å². The van der Waals surface area contributed by atoms with Gasteiger partial charge in [0.05, 0.1) is 0 Å². The topological polar surface area (TPSA) is 101 Å². The number of carbonyl (C=O) groups is 1. The summed E-state index contributed by atoms with van der Waals surface area (Å²) in [5.74, 6) is -0.0878. The Morgan fingerprint density at radius 1 is 1.30 bits per heavy atom. The van der Waals surface area contributed by atoms with Gasteiger partial charge in [-0.25, -0.2) is 21.6 Å². The van der Waals surface area contributed by atoms with Gasteiger partial charge in [0.2, 0.25) is 20.0 Å². The van der Waals surface area contributed by atoms with Crippen LogP contribution in [-0.2, 0) is 24.8 Å². The zero-order valence-corrected chi connectivity index (χ0v) is 15.1. The number of carbonyl (C=O) groups excluding carboxylic acids is 1. The van der Waals surface area contributed by atoms with Crippen molar-refractivity contribution in [3.05, 3.63) is 24.0 Å². The summed E-state index contributed by atoms with van der Waals surface area (Å²) in [7, 11) is -7.28. The fraction of sp³-hybridized carbons (Fsp3) is 0.643. The molecule has 1 aliphatic heterocycles. The summed E-state index contributed by atoms with van der Waals surface area (Å²) in [6.07, 6.45) is 1.23. The third kappa shape index (κ3) is 5.52. The summed E-state index contributed by atoms with van der Waals surface area (Å²) in [6, 6.07) is -0.417. The minimum absolute atomic E-state index is 0.0878. The van der Waals surface area contributed by atoms with Crippen LogP contribution in [0.2, 0.25) is 0 Å². The lowest BCUT2D eigenvalue weighted by Gasteiger charge is -2.43. The van der Waals surface area contributed by atoms with Crippen molar-refractivity contribution in [2.45, 2.75) is 39.2 Å². The van der Waals surface area contributed by atoms with Crippen LogP contribution in [-0.4, -0.2) is 46.1 Å². The van der Waals surface area contributed by atoms with Crippen LogP contribution in [0.5, 0.6) is 0 Å². The number of nitrogens with one attached hydrogen (secondary N) is 1. The Kier molecular flexibility index (Phi) is 6.31. The third-order valence-corrected chi connectivity index (χ3v) is 6.49. The first kappa shape index (κ1) is 20.0. The molecule has 23 heavy (non-hydrogen) atoms. The number of Topliss-reactive ketones (excluding diaryl/α,β-unsaturated/α-hetero) is 1. The van der Waals surface area contributed by atoms with Crippen LogP contribution in [0, 0.1) is 5.41 Å². The monoisotopic (exact) mass is 364 g/mol. The van der Waals surface area contributed by atoms with E-state index in [9.17, 15) is 21.6 Å². The van der Waals surface area contributed by atoms with Crippen molar-refractivity contribution >= 4 is 25.8 Å². The molecule has 1 fully saturated rings. The first-order valence-corrected chi connectivity index (χ1v) is 10.3. The minimum Gasteiger partial charge on any atom is -0.300 e. The van der Waals surface area contributed by atoms with Crippen molar-refractivity contribution in [2.75, 3.05) is 13.1 Å². The quantitative estimate of drug-likeness (QED) is 0.692. The fourth-order valence-corrected chi connectivity index (χ4v) is 4.60. The Morgan fingerprint density at radius 2 is 1.91 bits per heavy atom. The van der Waals surface area contributed by atoms with Crippen LogP contribution in [0.4, 0.5) is 0 Å². The molecule has 0 bridgehead atoms. The van der Waals surface area contributed by atoms with E-state index in [0.717, 1.165) is 10.8 Å². The van der Waals surface area contributed by atoms with Gasteiger partial charge in [-0.1, -0.05) is 20.1 Å². The molecule has 0 aliphatic carbocycles. The van der Waals surface area contributed by atoms with E-state index in [2.05, 4.69) is 17.9 Å². The molecule has 0 spiro atoms. The number of nitrogens with zero attached hydrogens (tertiary/aromatic N) is 1. The molecule has 0 aromatic heterocycles. The number of ketones is 1.